The molecule has 1 aliphatic carbocycles. The summed E-state index contributed by atoms with van der Waals surface area (Å²) < 4.78 is 5.49. The van der Waals surface area contributed by atoms with Crippen molar-refractivity contribution in [1.29, 1.82) is 5.41 Å². The Morgan fingerprint density at radius 2 is 2.08 bits per heavy atom. The van der Waals surface area contributed by atoms with Crippen molar-refractivity contribution in [3.05, 3.63) is 52.9 Å². The third kappa shape index (κ3) is 5.27. The third-order valence-corrected chi connectivity index (χ3v) is 3.81. The summed E-state index contributed by atoms with van der Waals surface area (Å²) in [5.74, 6) is 0.557. The van der Waals surface area contributed by atoms with Gasteiger partial charge in [0.2, 0.25) is 0 Å². The lowest BCUT2D eigenvalue weighted by molar-refractivity contribution is 0.237. The summed E-state index contributed by atoms with van der Waals surface area (Å²) in [6.45, 7) is 5.99. The molecule has 134 valence electrons. The van der Waals surface area contributed by atoms with Crippen LogP contribution in [0.3, 0.4) is 0 Å². The Morgan fingerprint density at radius 1 is 1.28 bits per heavy atom. The highest BCUT2D eigenvalue weighted by Gasteiger charge is 2.15. The lowest BCUT2D eigenvalue weighted by atomic mass is 10.0. The van der Waals surface area contributed by atoms with E-state index in [1.165, 1.54) is 5.56 Å². The molecule has 0 unspecified atom stereocenters. The number of nitrogens with one attached hydrogen (secondary N) is 2. The van der Waals surface area contributed by atoms with Crippen LogP contribution in [0.15, 0.2) is 46.8 Å². The number of aliphatic hydroxyl groups excluding tert-OH is 1. The van der Waals surface area contributed by atoms with E-state index in [2.05, 4.69) is 16.4 Å². The Labute approximate surface area is 148 Å². The number of benzene rings is 1. The highest BCUT2D eigenvalue weighted by atomic mass is 16.5. The van der Waals surface area contributed by atoms with Gasteiger partial charge in [0.25, 0.3) is 0 Å². The van der Waals surface area contributed by atoms with E-state index in [1.807, 2.05) is 26.0 Å². The molecular weight excluding hydrogens is 316 g/mol. The smallest absolute Gasteiger partial charge is 0.144 e. The van der Waals surface area contributed by atoms with E-state index < -0.39 is 0 Å². The fourth-order valence-electron chi connectivity index (χ4n) is 2.52. The quantitative estimate of drug-likeness (QED) is 0.428. The molecule has 1 aromatic rings. The molecule has 0 aromatic heterocycles. The van der Waals surface area contributed by atoms with Gasteiger partial charge in [-0.1, -0.05) is 12.1 Å². The van der Waals surface area contributed by atoms with Gasteiger partial charge >= 0.3 is 0 Å². The molecular formula is C19H26N4O2. The van der Waals surface area contributed by atoms with Crippen molar-refractivity contribution in [2.45, 2.75) is 20.3 Å². The van der Waals surface area contributed by atoms with E-state index in [-0.39, 0.29) is 12.3 Å². The summed E-state index contributed by atoms with van der Waals surface area (Å²) in [4.78, 5) is 4.60. The first-order chi connectivity index (χ1) is 12.0. The van der Waals surface area contributed by atoms with E-state index >= 15 is 0 Å². The van der Waals surface area contributed by atoms with Crippen LogP contribution in [-0.4, -0.2) is 42.8 Å². The molecule has 25 heavy (non-hydrogen) atoms. The summed E-state index contributed by atoms with van der Waals surface area (Å²) in [6, 6.07) is 6.10. The van der Waals surface area contributed by atoms with E-state index in [0.717, 1.165) is 24.2 Å². The zero-order valence-corrected chi connectivity index (χ0v) is 14.8. The lowest BCUT2D eigenvalue weighted by Crippen LogP contribution is -2.20. The Kier molecular flexibility index (Phi) is 6.91. The second kappa shape index (κ2) is 9.15. The van der Waals surface area contributed by atoms with Crippen molar-refractivity contribution in [2.75, 3.05) is 26.3 Å². The highest BCUT2D eigenvalue weighted by Crippen LogP contribution is 2.22. The number of nitrogens with two attached hydrogens (primary N) is 1. The minimum Gasteiger partial charge on any atom is -0.492 e. The number of allylic oxidation sites excluding steroid dienone is 2. The zero-order chi connectivity index (χ0) is 18.2. The van der Waals surface area contributed by atoms with Crippen molar-refractivity contribution in [3.63, 3.8) is 0 Å². The first-order valence-corrected chi connectivity index (χ1v) is 8.46. The van der Waals surface area contributed by atoms with E-state index in [4.69, 9.17) is 21.0 Å². The summed E-state index contributed by atoms with van der Waals surface area (Å²) in [6.07, 6.45) is 4.18. The topological polar surface area (TPSA) is 104 Å². The van der Waals surface area contributed by atoms with Crippen LogP contribution in [0.4, 0.5) is 5.69 Å². The molecule has 1 aromatic carbocycles. The SMILES string of the molecule is CCOC1=CC(=Nc2ccc(CCNCCO)cc2C)C(=N)C=C1N. The number of rotatable bonds is 8. The molecule has 0 atom stereocenters. The monoisotopic (exact) mass is 342 g/mol. The second-order valence-corrected chi connectivity index (χ2v) is 5.80. The zero-order valence-electron chi connectivity index (χ0n) is 14.8. The van der Waals surface area contributed by atoms with Gasteiger partial charge in [0.15, 0.2) is 0 Å². The van der Waals surface area contributed by atoms with Crippen LogP contribution in [0.1, 0.15) is 18.1 Å². The Balaban J connectivity index is 2.16. The Hall–Kier alpha value is -2.44. The maximum Gasteiger partial charge on any atom is 0.144 e. The molecule has 6 nitrogen and oxygen atoms in total. The fraction of sp³-hybridized carbons (Fsp3) is 0.368. The minimum absolute atomic E-state index is 0.150. The highest BCUT2D eigenvalue weighted by molar-refractivity contribution is 6.50. The number of nitrogens with zero attached hydrogens (tertiary/aromatic N) is 1. The molecule has 0 radical (unpaired) electrons. The number of aliphatic imine (C=N–C) groups is 1. The number of ether oxygens (including phenoxy) is 1. The van der Waals surface area contributed by atoms with Gasteiger partial charge < -0.3 is 20.9 Å². The molecule has 0 amide bonds. The largest absolute Gasteiger partial charge is 0.492 e. The number of hydrogen-bond donors (Lipinski definition) is 4. The predicted molar refractivity (Wildman–Crippen MR) is 102 cm³/mol. The average molecular weight is 342 g/mol. The number of aliphatic hydroxyl groups is 1. The predicted octanol–water partition coefficient (Wildman–Crippen LogP) is 1.99. The van der Waals surface area contributed by atoms with Gasteiger partial charge in [-0.25, -0.2) is 4.99 Å². The van der Waals surface area contributed by atoms with Gasteiger partial charge in [-0.05, 0) is 50.1 Å². The van der Waals surface area contributed by atoms with Gasteiger partial charge in [0, 0.05) is 12.6 Å². The van der Waals surface area contributed by atoms with Gasteiger partial charge in [0.05, 0.1) is 36.0 Å². The van der Waals surface area contributed by atoms with Crippen molar-refractivity contribution >= 4 is 17.1 Å². The molecule has 0 aliphatic heterocycles. The third-order valence-electron chi connectivity index (χ3n) is 3.81. The molecule has 5 N–H and O–H groups in total. The van der Waals surface area contributed by atoms with Crippen LogP contribution in [-0.2, 0) is 11.2 Å². The maximum atomic E-state index is 8.77. The molecule has 0 fully saturated rings. The molecule has 2 rings (SSSR count). The van der Waals surface area contributed by atoms with Crippen LogP contribution in [0.5, 0.6) is 0 Å². The maximum absolute atomic E-state index is 8.77. The Bertz CT molecular complexity index is 720. The summed E-state index contributed by atoms with van der Waals surface area (Å²) >= 11 is 0. The van der Waals surface area contributed by atoms with Gasteiger partial charge in [-0.15, -0.1) is 0 Å². The Morgan fingerprint density at radius 3 is 2.76 bits per heavy atom. The molecule has 0 saturated carbocycles. The van der Waals surface area contributed by atoms with Crippen LogP contribution >= 0.6 is 0 Å². The second-order valence-electron chi connectivity index (χ2n) is 5.80. The summed E-state index contributed by atoms with van der Waals surface area (Å²) in [7, 11) is 0. The summed E-state index contributed by atoms with van der Waals surface area (Å²) in [5.41, 5.74) is 10.2. The van der Waals surface area contributed by atoms with E-state index in [9.17, 15) is 0 Å². The van der Waals surface area contributed by atoms with Crippen molar-refractivity contribution < 1.29 is 9.84 Å². The molecule has 0 spiro atoms. The average Bonchev–Trinajstić information content (AvgIpc) is 2.58. The van der Waals surface area contributed by atoms with Crippen molar-refractivity contribution in [3.8, 4) is 0 Å². The molecule has 0 saturated heterocycles. The fourth-order valence-corrected chi connectivity index (χ4v) is 2.52. The molecule has 0 bridgehead atoms. The van der Waals surface area contributed by atoms with Crippen LogP contribution in [0, 0.1) is 12.3 Å². The van der Waals surface area contributed by atoms with Gasteiger partial charge in [0.1, 0.15) is 5.76 Å². The van der Waals surface area contributed by atoms with Crippen molar-refractivity contribution in [1.82, 2.24) is 5.32 Å². The number of hydrogen-bond acceptors (Lipinski definition) is 6. The minimum atomic E-state index is 0.150. The molecule has 6 heteroatoms. The number of aryl methyl sites for hydroxylation is 1. The van der Waals surface area contributed by atoms with Crippen LogP contribution < -0.4 is 11.1 Å². The van der Waals surface area contributed by atoms with Crippen molar-refractivity contribution in [2.24, 2.45) is 10.7 Å². The van der Waals surface area contributed by atoms with Gasteiger partial charge in [-0.2, -0.15) is 0 Å². The van der Waals surface area contributed by atoms with E-state index in [0.29, 0.717) is 30.3 Å². The first kappa shape index (κ1) is 18.9. The van der Waals surface area contributed by atoms with Gasteiger partial charge in [-0.3, -0.25) is 5.41 Å². The van der Waals surface area contributed by atoms with E-state index in [1.54, 1.807) is 12.2 Å². The van der Waals surface area contributed by atoms with Crippen LogP contribution in [0.2, 0.25) is 0 Å². The molecule has 0 heterocycles. The standard InChI is InChI=1S/C19H26N4O2/c1-3-25-19-12-18(15(20)11-16(19)21)23-17-5-4-14(10-13(17)2)6-7-22-8-9-24/h4-5,10-12,20,22,24H,3,6-9,21H2,1-2H3. The first-order valence-electron chi connectivity index (χ1n) is 8.46. The lowest BCUT2D eigenvalue weighted by Gasteiger charge is -2.15. The molecule has 1 aliphatic rings. The summed E-state index contributed by atoms with van der Waals surface area (Å²) in [5, 5.41) is 20.0. The van der Waals surface area contributed by atoms with Crippen LogP contribution in [0.25, 0.3) is 0 Å². The normalized spacial score (nSPS) is 16.0.